The number of nitrogens with one attached hydrogen (secondary N) is 3. The molecule has 6 nitrogen and oxygen atoms in total. The van der Waals surface area contributed by atoms with Crippen molar-refractivity contribution in [3.63, 3.8) is 0 Å². The summed E-state index contributed by atoms with van der Waals surface area (Å²) >= 11 is 0. The third-order valence-corrected chi connectivity index (χ3v) is 2.78. The number of carbonyl (C=O) groups excluding carboxylic acids is 2. The van der Waals surface area contributed by atoms with Crippen LogP contribution in [0.2, 0.25) is 0 Å². The number of hydrogen-bond acceptors (Lipinski definition) is 3. The number of rotatable bonds is 2. The number of ether oxygens (including phenoxy) is 1. The van der Waals surface area contributed by atoms with Crippen LogP contribution in [-0.2, 0) is 4.79 Å². The first-order chi connectivity index (χ1) is 8.70. The van der Waals surface area contributed by atoms with Crippen LogP contribution in [0.4, 0.5) is 16.2 Å². The van der Waals surface area contributed by atoms with Gasteiger partial charge in [0.1, 0.15) is 5.75 Å². The van der Waals surface area contributed by atoms with E-state index in [1.807, 2.05) is 0 Å². The maximum Gasteiger partial charge on any atom is 0.319 e. The molecule has 1 aromatic rings. The summed E-state index contributed by atoms with van der Waals surface area (Å²) in [5, 5.41) is 8.25. The Bertz CT molecular complexity index is 511. The molecular weight excluding hydrogens is 234 g/mol. The van der Waals surface area contributed by atoms with Gasteiger partial charge in [-0.05, 0) is 25.0 Å². The molecule has 3 amide bonds. The second-order valence-electron chi connectivity index (χ2n) is 4.42. The van der Waals surface area contributed by atoms with Crippen LogP contribution in [0.5, 0.6) is 5.75 Å². The number of benzene rings is 1. The van der Waals surface area contributed by atoms with E-state index in [-0.39, 0.29) is 18.5 Å². The van der Waals surface area contributed by atoms with Crippen molar-refractivity contribution in [2.75, 3.05) is 17.2 Å². The van der Waals surface area contributed by atoms with E-state index < -0.39 is 0 Å². The molecule has 18 heavy (non-hydrogen) atoms. The Balaban J connectivity index is 1.69. The van der Waals surface area contributed by atoms with E-state index in [0.717, 1.165) is 12.8 Å². The molecule has 2 aliphatic rings. The molecule has 0 spiro atoms. The highest BCUT2D eigenvalue weighted by Crippen LogP contribution is 2.30. The maximum atomic E-state index is 11.6. The molecule has 0 radical (unpaired) electrons. The number of anilines is 2. The van der Waals surface area contributed by atoms with E-state index >= 15 is 0 Å². The normalized spacial score (nSPS) is 17.2. The van der Waals surface area contributed by atoms with Crippen molar-refractivity contribution in [1.29, 1.82) is 0 Å². The third-order valence-electron chi connectivity index (χ3n) is 2.78. The van der Waals surface area contributed by atoms with Gasteiger partial charge in [0, 0.05) is 17.8 Å². The van der Waals surface area contributed by atoms with Crippen LogP contribution in [0.1, 0.15) is 12.8 Å². The monoisotopic (exact) mass is 247 g/mol. The van der Waals surface area contributed by atoms with Crippen molar-refractivity contribution >= 4 is 23.3 Å². The number of fused-ring (bicyclic) bond motifs is 1. The van der Waals surface area contributed by atoms with Gasteiger partial charge in [-0.15, -0.1) is 0 Å². The molecule has 1 heterocycles. The van der Waals surface area contributed by atoms with Crippen LogP contribution in [0.3, 0.4) is 0 Å². The Hall–Kier alpha value is -2.24. The van der Waals surface area contributed by atoms with Crippen LogP contribution >= 0.6 is 0 Å². The van der Waals surface area contributed by atoms with Crippen LogP contribution < -0.4 is 20.7 Å². The van der Waals surface area contributed by atoms with Crippen LogP contribution in [0, 0.1) is 0 Å². The molecule has 94 valence electrons. The Labute approximate surface area is 104 Å². The zero-order valence-electron chi connectivity index (χ0n) is 9.66. The Kier molecular flexibility index (Phi) is 2.55. The summed E-state index contributed by atoms with van der Waals surface area (Å²) < 4.78 is 5.27. The number of carbonyl (C=O) groups is 2. The van der Waals surface area contributed by atoms with Crippen molar-refractivity contribution in [2.45, 2.75) is 18.9 Å². The molecule has 0 unspecified atom stereocenters. The Morgan fingerprint density at radius 2 is 2.22 bits per heavy atom. The lowest BCUT2D eigenvalue weighted by Crippen LogP contribution is -2.30. The summed E-state index contributed by atoms with van der Waals surface area (Å²) in [5.74, 6) is 0.397. The maximum absolute atomic E-state index is 11.6. The highest BCUT2D eigenvalue weighted by atomic mass is 16.5. The first-order valence-electron chi connectivity index (χ1n) is 5.85. The molecule has 1 saturated carbocycles. The number of hydrogen-bond donors (Lipinski definition) is 3. The molecule has 0 aromatic heterocycles. The molecule has 1 aliphatic carbocycles. The van der Waals surface area contributed by atoms with E-state index in [2.05, 4.69) is 16.0 Å². The lowest BCUT2D eigenvalue weighted by Gasteiger charge is -2.18. The van der Waals surface area contributed by atoms with E-state index in [1.54, 1.807) is 18.2 Å². The van der Waals surface area contributed by atoms with Gasteiger partial charge in [-0.25, -0.2) is 4.79 Å². The zero-order valence-corrected chi connectivity index (χ0v) is 9.66. The van der Waals surface area contributed by atoms with Gasteiger partial charge < -0.3 is 20.7 Å². The summed E-state index contributed by atoms with van der Waals surface area (Å²) in [7, 11) is 0. The Morgan fingerprint density at radius 1 is 1.39 bits per heavy atom. The van der Waals surface area contributed by atoms with Crippen molar-refractivity contribution in [1.82, 2.24) is 5.32 Å². The lowest BCUT2D eigenvalue weighted by atomic mass is 10.2. The fourth-order valence-electron chi connectivity index (χ4n) is 1.73. The largest absolute Gasteiger partial charge is 0.482 e. The average Bonchev–Trinajstić information content (AvgIpc) is 3.13. The third kappa shape index (κ3) is 2.37. The van der Waals surface area contributed by atoms with Gasteiger partial charge in [0.25, 0.3) is 5.91 Å². The SMILES string of the molecule is O=C1COc2cc(NC(=O)NC3CC3)ccc2N1. The molecule has 3 rings (SSSR count). The van der Waals surface area contributed by atoms with Crippen molar-refractivity contribution in [2.24, 2.45) is 0 Å². The van der Waals surface area contributed by atoms with Gasteiger partial charge >= 0.3 is 6.03 Å². The van der Waals surface area contributed by atoms with Crippen LogP contribution in [0.25, 0.3) is 0 Å². The topological polar surface area (TPSA) is 79.5 Å². The minimum atomic E-state index is -0.211. The molecule has 6 heteroatoms. The predicted octanol–water partition coefficient (Wildman–Crippen LogP) is 1.30. The second kappa shape index (κ2) is 4.21. The van der Waals surface area contributed by atoms with E-state index in [9.17, 15) is 9.59 Å². The fraction of sp³-hybridized carbons (Fsp3) is 0.333. The molecule has 3 N–H and O–H groups in total. The molecule has 0 saturated heterocycles. The quantitative estimate of drug-likeness (QED) is 0.737. The van der Waals surface area contributed by atoms with Crippen LogP contribution in [-0.4, -0.2) is 24.6 Å². The number of urea groups is 1. The standard InChI is InChI=1S/C12H13N3O3/c16-11-6-18-10-5-8(3-4-9(10)15-11)14-12(17)13-7-1-2-7/h3-5,7H,1-2,6H2,(H,15,16)(H2,13,14,17). The minimum absolute atomic E-state index is 0.00469. The van der Waals surface area contributed by atoms with Gasteiger partial charge in [-0.3, -0.25) is 4.79 Å². The summed E-state index contributed by atoms with van der Waals surface area (Å²) in [6, 6.07) is 5.23. The van der Waals surface area contributed by atoms with Crippen LogP contribution in [0.15, 0.2) is 18.2 Å². The van der Waals surface area contributed by atoms with Crippen molar-refractivity contribution in [3.8, 4) is 5.75 Å². The molecular formula is C12H13N3O3. The summed E-state index contributed by atoms with van der Waals surface area (Å²) in [4.78, 5) is 22.7. The first-order valence-corrected chi connectivity index (χ1v) is 5.85. The van der Waals surface area contributed by atoms with Gasteiger partial charge in [0.05, 0.1) is 5.69 Å². The smallest absolute Gasteiger partial charge is 0.319 e. The Morgan fingerprint density at radius 3 is 3.00 bits per heavy atom. The van der Waals surface area contributed by atoms with Crippen molar-refractivity contribution < 1.29 is 14.3 Å². The first kappa shape index (κ1) is 10.9. The highest BCUT2D eigenvalue weighted by Gasteiger charge is 2.23. The van der Waals surface area contributed by atoms with E-state index in [4.69, 9.17) is 4.74 Å². The summed E-state index contributed by atoms with van der Waals surface area (Å²) in [5.41, 5.74) is 1.27. The highest BCUT2D eigenvalue weighted by molar-refractivity contribution is 5.96. The van der Waals surface area contributed by atoms with Gasteiger partial charge in [0.15, 0.2) is 6.61 Å². The van der Waals surface area contributed by atoms with Gasteiger partial charge in [0.2, 0.25) is 0 Å². The molecule has 1 fully saturated rings. The fourth-order valence-corrected chi connectivity index (χ4v) is 1.73. The molecule has 1 aromatic carbocycles. The minimum Gasteiger partial charge on any atom is -0.482 e. The second-order valence-corrected chi connectivity index (χ2v) is 4.42. The molecule has 0 atom stereocenters. The number of amides is 3. The van der Waals surface area contributed by atoms with Gasteiger partial charge in [-0.1, -0.05) is 0 Å². The molecule has 0 bridgehead atoms. The summed E-state index contributed by atoms with van der Waals surface area (Å²) in [6.07, 6.45) is 2.10. The van der Waals surface area contributed by atoms with Crippen molar-refractivity contribution in [3.05, 3.63) is 18.2 Å². The molecule has 1 aliphatic heterocycles. The van der Waals surface area contributed by atoms with E-state index in [0.29, 0.717) is 23.2 Å². The zero-order chi connectivity index (χ0) is 12.5. The average molecular weight is 247 g/mol. The van der Waals surface area contributed by atoms with Gasteiger partial charge in [-0.2, -0.15) is 0 Å². The predicted molar refractivity (Wildman–Crippen MR) is 65.7 cm³/mol. The summed E-state index contributed by atoms with van der Waals surface area (Å²) in [6.45, 7) is 0.00469. The lowest BCUT2D eigenvalue weighted by molar-refractivity contribution is -0.118. The van der Waals surface area contributed by atoms with E-state index in [1.165, 1.54) is 0 Å².